The summed E-state index contributed by atoms with van der Waals surface area (Å²) in [7, 11) is 1.71. The lowest BCUT2D eigenvalue weighted by atomic mass is 10.0. The summed E-state index contributed by atoms with van der Waals surface area (Å²) in [6.45, 7) is 10.9. The highest BCUT2D eigenvalue weighted by atomic mass is 16.5. The van der Waals surface area contributed by atoms with Gasteiger partial charge in [-0.15, -0.1) is 0 Å². The third-order valence-corrected chi connectivity index (χ3v) is 6.65. The van der Waals surface area contributed by atoms with Gasteiger partial charge in [-0.05, 0) is 26.3 Å². The molecule has 1 saturated heterocycles. The van der Waals surface area contributed by atoms with Crippen molar-refractivity contribution in [3.63, 3.8) is 0 Å². The second kappa shape index (κ2) is 13.1. The van der Waals surface area contributed by atoms with Gasteiger partial charge >= 0.3 is 0 Å². The van der Waals surface area contributed by atoms with Gasteiger partial charge in [0.05, 0.1) is 31.1 Å². The van der Waals surface area contributed by atoms with Crippen molar-refractivity contribution in [2.75, 3.05) is 51.3 Å². The minimum atomic E-state index is -0.483. The Kier molecular flexibility index (Phi) is 9.63. The molecule has 1 fully saturated rings. The summed E-state index contributed by atoms with van der Waals surface area (Å²) in [5.41, 5.74) is 5.51. The van der Waals surface area contributed by atoms with Gasteiger partial charge < -0.3 is 19.5 Å². The molecule has 0 amide bonds. The number of β-amino-alcohol motifs (C(OH)–C–C–N with tert-alkyl or cyclic N) is 1. The van der Waals surface area contributed by atoms with E-state index in [0.29, 0.717) is 19.8 Å². The predicted molar refractivity (Wildman–Crippen MR) is 148 cm³/mol. The molecule has 1 unspecified atom stereocenters. The standard InChI is InChI=1S/C30H40N4O3/c1-22(2)37-20-26(35)19-33-14-16-34(17-15-33)30-27(18-24-12-10-23(3)11-13-24)28(21-36-4)31-29(32-30)25-8-6-5-7-9-25/h5-13,22,26,35H,14-21H2,1-4H3. The maximum Gasteiger partial charge on any atom is 0.161 e. The molecule has 37 heavy (non-hydrogen) atoms. The zero-order chi connectivity index (χ0) is 26.2. The average Bonchev–Trinajstić information content (AvgIpc) is 2.90. The van der Waals surface area contributed by atoms with Crippen LogP contribution < -0.4 is 4.90 Å². The minimum Gasteiger partial charge on any atom is -0.389 e. The van der Waals surface area contributed by atoms with Crippen LogP contribution in [0, 0.1) is 6.92 Å². The topological polar surface area (TPSA) is 71.0 Å². The molecule has 1 aliphatic rings. The van der Waals surface area contributed by atoms with Gasteiger partial charge in [-0.25, -0.2) is 9.97 Å². The summed E-state index contributed by atoms with van der Waals surface area (Å²) in [6, 6.07) is 18.8. The smallest absolute Gasteiger partial charge is 0.161 e. The normalized spacial score (nSPS) is 15.4. The van der Waals surface area contributed by atoms with E-state index < -0.39 is 6.10 Å². The molecule has 1 aliphatic heterocycles. The van der Waals surface area contributed by atoms with Gasteiger partial charge in [0.2, 0.25) is 0 Å². The summed E-state index contributed by atoms with van der Waals surface area (Å²) >= 11 is 0. The Labute approximate surface area is 221 Å². The van der Waals surface area contributed by atoms with Gasteiger partial charge in [0.1, 0.15) is 5.82 Å². The molecule has 0 bridgehead atoms. The van der Waals surface area contributed by atoms with Crippen molar-refractivity contribution in [1.82, 2.24) is 14.9 Å². The zero-order valence-electron chi connectivity index (χ0n) is 22.6. The molecule has 0 aliphatic carbocycles. The molecular weight excluding hydrogens is 464 g/mol. The molecule has 4 rings (SSSR count). The average molecular weight is 505 g/mol. The Morgan fingerprint density at radius 1 is 0.946 bits per heavy atom. The van der Waals surface area contributed by atoms with Crippen LogP contribution in [-0.4, -0.2) is 78.6 Å². The summed E-state index contributed by atoms with van der Waals surface area (Å²) in [5, 5.41) is 10.4. The maximum atomic E-state index is 10.4. The van der Waals surface area contributed by atoms with Gasteiger partial charge in [-0.3, -0.25) is 4.90 Å². The molecule has 1 aromatic heterocycles. The van der Waals surface area contributed by atoms with Crippen LogP contribution in [0.15, 0.2) is 54.6 Å². The van der Waals surface area contributed by atoms with Gasteiger partial charge in [-0.2, -0.15) is 0 Å². The van der Waals surface area contributed by atoms with E-state index in [4.69, 9.17) is 19.4 Å². The Balaban J connectivity index is 1.61. The van der Waals surface area contributed by atoms with Crippen molar-refractivity contribution in [2.24, 2.45) is 0 Å². The highest BCUT2D eigenvalue weighted by Gasteiger charge is 2.25. The fraction of sp³-hybridized carbons (Fsp3) is 0.467. The van der Waals surface area contributed by atoms with E-state index in [1.807, 2.05) is 44.2 Å². The number of aliphatic hydroxyl groups excluding tert-OH is 1. The lowest BCUT2D eigenvalue weighted by molar-refractivity contribution is -0.00901. The molecule has 0 radical (unpaired) electrons. The Morgan fingerprint density at radius 2 is 1.65 bits per heavy atom. The number of anilines is 1. The van der Waals surface area contributed by atoms with Crippen LogP contribution in [0.5, 0.6) is 0 Å². The summed E-state index contributed by atoms with van der Waals surface area (Å²) in [5.74, 6) is 1.70. The van der Waals surface area contributed by atoms with E-state index >= 15 is 0 Å². The fourth-order valence-electron chi connectivity index (χ4n) is 4.64. The van der Waals surface area contributed by atoms with Crippen LogP contribution >= 0.6 is 0 Å². The number of aliphatic hydroxyl groups is 1. The van der Waals surface area contributed by atoms with E-state index in [-0.39, 0.29) is 6.10 Å². The SMILES string of the molecule is COCc1nc(-c2ccccc2)nc(N2CCN(CC(O)COC(C)C)CC2)c1Cc1ccc(C)cc1. The largest absolute Gasteiger partial charge is 0.389 e. The number of aryl methyl sites for hydroxylation is 1. The van der Waals surface area contributed by atoms with Crippen LogP contribution in [0.2, 0.25) is 0 Å². The monoisotopic (exact) mass is 504 g/mol. The highest BCUT2D eigenvalue weighted by molar-refractivity contribution is 5.61. The molecule has 2 aromatic carbocycles. The van der Waals surface area contributed by atoms with Crippen LogP contribution in [0.4, 0.5) is 5.82 Å². The second-order valence-corrected chi connectivity index (χ2v) is 10.1. The third-order valence-electron chi connectivity index (χ3n) is 6.65. The molecule has 7 nitrogen and oxygen atoms in total. The predicted octanol–water partition coefficient (Wildman–Crippen LogP) is 4.10. The van der Waals surface area contributed by atoms with E-state index in [0.717, 1.165) is 61.1 Å². The molecule has 1 atom stereocenters. The maximum absolute atomic E-state index is 10.4. The van der Waals surface area contributed by atoms with Crippen molar-refractivity contribution in [2.45, 2.75) is 46.0 Å². The second-order valence-electron chi connectivity index (χ2n) is 10.1. The number of hydrogen-bond acceptors (Lipinski definition) is 7. The van der Waals surface area contributed by atoms with E-state index in [9.17, 15) is 5.11 Å². The highest BCUT2D eigenvalue weighted by Crippen LogP contribution is 2.29. The number of benzene rings is 2. The molecule has 7 heteroatoms. The van der Waals surface area contributed by atoms with Gasteiger partial charge in [-0.1, -0.05) is 60.2 Å². The molecule has 198 valence electrons. The van der Waals surface area contributed by atoms with E-state index in [2.05, 4.69) is 41.0 Å². The van der Waals surface area contributed by atoms with Crippen LogP contribution in [-0.2, 0) is 22.5 Å². The Hall–Kier alpha value is -2.84. The van der Waals surface area contributed by atoms with Crippen molar-refractivity contribution < 1.29 is 14.6 Å². The van der Waals surface area contributed by atoms with Crippen LogP contribution in [0.25, 0.3) is 11.4 Å². The molecule has 0 saturated carbocycles. The summed E-state index contributed by atoms with van der Waals surface area (Å²) in [6.07, 6.45) is 0.383. The van der Waals surface area contributed by atoms with Crippen molar-refractivity contribution in [1.29, 1.82) is 0 Å². The third kappa shape index (κ3) is 7.58. The summed E-state index contributed by atoms with van der Waals surface area (Å²) in [4.78, 5) is 14.8. The Bertz CT molecular complexity index is 1110. The van der Waals surface area contributed by atoms with Crippen LogP contribution in [0.3, 0.4) is 0 Å². The lowest BCUT2D eigenvalue weighted by Crippen LogP contribution is -2.49. The number of nitrogens with zero attached hydrogens (tertiary/aromatic N) is 4. The molecular formula is C30H40N4O3. The first kappa shape index (κ1) is 27.2. The van der Waals surface area contributed by atoms with Gasteiger partial charge in [0, 0.05) is 57.4 Å². The minimum absolute atomic E-state index is 0.122. The van der Waals surface area contributed by atoms with Crippen LogP contribution in [0.1, 0.15) is 36.2 Å². The number of piperazine rings is 1. The van der Waals surface area contributed by atoms with Crippen molar-refractivity contribution >= 4 is 5.82 Å². The zero-order valence-corrected chi connectivity index (χ0v) is 22.6. The quantitative estimate of drug-likeness (QED) is 0.422. The molecule has 1 N–H and O–H groups in total. The Morgan fingerprint density at radius 3 is 2.30 bits per heavy atom. The van der Waals surface area contributed by atoms with E-state index in [1.54, 1.807) is 7.11 Å². The number of hydrogen-bond donors (Lipinski definition) is 1. The number of aromatic nitrogens is 2. The van der Waals surface area contributed by atoms with Crippen molar-refractivity contribution in [3.8, 4) is 11.4 Å². The van der Waals surface area contributed by atoms with Gasteiger partial charge in [0.25, 0.3) is 0 Å². The molecule has 3 aromatic rings. The fourth-order valence-corrected chi connectivity index (χ4v) is 4.64. The number of ether oxygens (including phenoxy) is 2. The molecule has 0 spiro atoms. The number of rotatable bonds is 11. The lowest BCUT2D eigenvalue weighted by Gasteiger charge is -2.37. The first-order valence-electron chi connectivity index (χ1n) is 13.2. The van der Waals surface area contributed by atoms with Crippen molar-refractivity contribution in [3.05, 3.63) is 77.0 Å². The summed E-state index contributed by atoms with van der Waals surface area (Å²) < 4.78 is 11.2. The first-order valence-corrected chi connectivity index (χ1v) is 13.2. The van der Waals surface area contributed by atoms with Gasteiger partial charge in [0.15, 0.2) is 5.82 Å². The van der Waals surface area contributed by atoms with E-state index in [1.165, 1.54) is 11.1 Å². The number of methoxy groups -OCH3 is 1. The molecule has 2 heterocycles. The first-order chi connectivity index (χ1) is 17.9.